The molecule has 1 aliphatic heterocycles. The van der Waals surface area contributed by atoms with Gasteiger partial charge < -0.3 is 10.1 Å². The van der Waals surface area contributed by atoms with Crippen LogP contribution in [0.3, 0.4) is 0 Å². The normalized spacial score (nSPS) is 20.7. The summed E-state index contributed by atoms with van der Waals surface area (Å²) in [5, 5.41) is 3.28. The second-order valence-electron chi connectivity index (χ2n) is 5.21. The fourth-order valence-electron chi connectivity index (χ4n) is 1.87. The van der Waals surface area contributed by atoms with Gasteiger partial charge >= 0.3 is 0 Å². The zero-order valence-electron chi connectivity index (χ0n) is 11.4. The van der Waals surface area contributed by atoms with E-state index in [9.17, 15) is 8.42 Å². The van der Waals surface area contributed by atoms with E-state index in [4.69, 9.17) is 4.74 Å². The van der Waals surface area contributed by atoms with Gasteiger partial charge in [-0.25, -0.2) is 13.1 Å². The maximum atomic E-state index is 11.7. The summed E-state index contributed by atoms with van der Waals surface area (Å²) in [6.07, 6.45) is 2.56. The molecule has 1 rings (SSSR count). The predicted octanol–water partition coefficient (Wildman–Crippen LogP) is 0.721. The topological polar surface area (TPSA) is 67.4 Å². The Morgan fingerprint density at radius 1 is 1.33 bits per heavy atom. The van der Waals surface area contributed by atoms with Gasteiger partial charge in [-0.05, 0) is 31.7 Å². The molecule has 0 aromatic rings. The van der Waals surface area contributed by atoms with Gasteiger partial charge in [-0.3, -0.25) is 0 Å². The van der Waals surface area contributed by atoms with Crippen LogP contribution in [0.1, 0.15) is 33.1 Å². The third kappa shape index (κ3) is 7.31. The Hall–Kier alpha value is -0.170. The zero-order chi connectivity index (χ0) is 13.4. The molecule has 0 spiro atoms. The lowest BCUT2D eigenvalue weighted by Crippen LogP contribution is -2.32. The van der Waals surface area contributed by atoms with Crippen LogP contribution in [0.5, 0.6) is 0 Å². The van der Waals surface area contributed by atoms with E-state index in [0.29, 0.717) is 31.5 Å². The van der Waals surface area contributed by atoms with Crippen molar-refractivity contribution in [2.75, 3.05) is 32.1 Å². The quantitative estimate of drug-likeness (QED) is 0.610. The highest BCUT2D eigenvalue weighted by Gasteiger charge is 2.18. The van der Waals surface area contributed by atoms with Crippen molar-refractivity contribution in [3.63, 3.8) is 0 Å². The van der Waals surface area contributed by atoms with E-state index in [2.05, 4.69) is 23.9 Å². The van der Waals surface area contributed by atoms with Crippen LogP contribution in [0.4, 0.5) is 0 Å². The van der Waals surface area contributed by atoms with Gasteiger partial charge in [0.2, 0.25) is 10.0 Å². The molecule has 0 amide bonds. The van der Waals surface area contributed by atoms with Crippen molar-refractivity contribution in [1.29, 1.82) is 0 Å². The summed E-state index contributed by atoms with van der Waals surface area (Å²) in [6, 6.07) is 0.460. The van der Waals surface area contributed by atoms with Gasteiger partial charge in [-0.15, -0.1) is 0 Å². The van der Waals surface area contributed by atoms with Crippen LogP contribution in [-0.2, 0) is 14.8 Å². The first-order chi connectivity index (χ1) is 8.49. The second-order valence-corrected chi connectivity index (χ2v) is 7.14. The van der Waals surface area contributed by atoms with Gasteiger partial charge in [-0.2, -0.15) is 0 Å². The fourth-order valence-corrected chi connectivity index (χ4v) is 3.09. The monoisotopic (exact) mass is 278 g/mol. The van der Waals surface area contributed by atoms with Crippen LogP contribution < -0.4 is 10.0 Å². The van der Waals surface area contributed by atoms with Crippen molar-refractivity contribution in [1.82, 2.24) is 10.0 Å². The lowest BCUT2D eigenvalue weighted by atomic mass is 10.1. The largest absolute Gasteiger partial charge is 0.381 e. The van der Waals surface area contributed by atoms with Crippen molar-refractivity contribution >= 4 is 10.0 Å². The fraction of sp³-hybridized carbons (Fsp3) is 1.00. The molecule has 0 aromatic carbocycles. The van der Waals surface area contributed by atoms with E-state index in [1.54, 1.807) is 0 Å². The van der Waals surface area contributed by atoms with Crippen LogP contribution >= 0.6 is 0 Å². The van der Waals surface area contributed by atoms with E-state index in [-0.39, 0.29) is 5.75 Å². The van der Waals surface area contributed by atoms with Crippen molar-refractivity contribution in [2.24, 2.45) is 5.92 Å². The van der Waals surface area contributed by atoms with Crippen LogP contribution in [-0.4, -0.2) is 46.5 Å². The summed E-state index contributed by atoms with van der Waals surface area (Å²) >= 11 is 0. The summed E-state index contributed by atoms with van der Waals surface area (Å²) in [5.74, 6) is 0.572. The number of nitrogens with one attached hydrogen (secondary N) is 2. The first-order valence-electron chi connectivity index (χ1n) is 6.78. The summed E-state index contributed by atoms with van der Waals surface area (Å²) in [5.41, 5.74) is 0. The van der Waals surface area contributed by atoms with Crippen LogP contribution in [0.2, 0.25) is 0 Å². The highest BCUT2D eigenvalue weighted by atomic mass is 32.2. The average molecular weight is 278 g/mol. The third-order valence-electron chi connectivity index (χ3n) is 3.01. The van der Waals surface area contributed by atoms with E-state index in [1.165, 1.54) is 0 Å². The van der Waals surface area contributed by atoms with Gasteiger partial charge in [0.25, 0.3) is 0 Å². The highest BCUT2D eigenvalue weighted by Crippen LogP contribution is 2.11. The molecule has 18 heavy (non-hydrogen) atoms. The second kappa shape index (κ2) is 8.09. The Labute approximate surface area is 111 Å². The van der Waals surface area contributed by atoms with Gasteiger partial charge in [0.05, 0.1) is 12.4 Å². The molecule has 1 aliphatic rings. The molecule has 2 N–H and O–H groups in total. The molecule has 1 atom stereocenters. The van der Waals surface area contributed by atoms with E-state index in [1.807, 2.05) is 0 Å². The predicted molar refractivity (Wildman–Crippen MR) is 73.1 cm³/mol. The highest BCUT2D eigenvalue weighted by molar-refractivity contribution is 7.89. The molecule has 1 fully saturated rings. The number of rotatable bonds is 9. The van der Waals surface area contributed by atoms with Crippen molar-refractivity contribution in [3.05, 3.63) is 0 Å². The number of sulfonamides is 1. The van der Waals surface area contributed by atoms with Gasteiger partial charge in [0.15, 0.2) is 0 Å². The number of hydrogen-bond donors (Lipinski definition) is 2. The Morgan fingerprint density at radius 3 is 2.72 bits per heavy atom. The SMILES string of the molecule is CC(C)NCCCCS(=O)(=O)NCC1CCOC1. The number of hydrogen-bond acceptors (Lipinski definition) is 4. The Bertz CT molecular complexity index is 311. The maximum Gasteiger partial charge on any atom is 0.211 e. The maximum absolute atomic E-state index is 11.7. The average Bonchev–Trinajstić information content (AvgIpc) is 2.78. The van der Waals surface area contributed by atoms with Gasteiger partial charge in [0, 0.05) is 19.2 Å². The van der Waals surface area contributed by atoms with E-state index < -0.39 is 10.0 Å². The minimum atomic E-state index is -3.10. The van der Waals surface area contributed by atoms with E-state index >= 15 is 0 Å². The first-order valence-corrected chi connectivity index (χ1v) is 8.43. The molecule has 1 heterocycles. The molecule has 5 nitrogen and oxygen atoms in total. The summed E-state index contributed by atoms with van der Waals surface area (Å²) in [7, 11) is -3.10. The molecule has 1 saturated heterocycles. The molecule has 0 bridgehead atoms. The molecule has 0 saturated carbocycles. The lowest BCUT2D eigenvalue weighted by molar-refractivity contribution is 0.186. The molecular weight excluding hydrogens is 252 g/mol. The minimum absolute atomic E-state index is 0.223. The smallest absolute Gasteiger partial charge is 0.211 e. The summed E-state index contributed by atoms with van der Waals surface area (Å²) in [4.78, 5) is 0. The molecule has 0 radical (unpaired) electrons. The molecule has 0 aromatic heterocycles. The molecule has 0 aliphatic carbocycles. The molecule has 108 valence electrons. The van der Waals surface area contributed by atoms with Gasteiger partial charge in [-0.1, -0.05) is 13.8 Å². The number of unbranched alkanes of at least 4 members (excludes halogenated alkanes) is 1. The Morgan fingerprint density at radius 2 is 2.11 bits per heavy atom. The summed E-state index contributed by atoms with van der Waals surface area (Å²) in [6.45, 7) is 7.01. The Kier molecular flexibility index (Phi) is 7.14. The van der Waals surface area contributed by atoms with Crippen LogP contribution in [0.25, 0.3) is 0 Å². The molecule has 6 heteroatoms. The molecular formula is C12H26N2O3S. The minimum Gasteiger partial charge on any atom is -0.381 e. The van der Waals surface area contributed by atoms with Crippen LogP contribution in [0.15, 0.2) is 0 Å². The van der Waals surface area contributed by atoms with Crippen molar-refractivity contribution < 1.29 is 13.2 Å². The third-order valence-corrected chi connectivity index (χ3v) is 4.44. The number of ether oxygens (including phenoxy) is 1. The van der Waals surface area contributed by atoms with Crippen LogP contribution in [0, 0.1) is 5.92 Å². The first kappa shape index (κ1) is 15.9. The van der Waals surface area contributed by atoms with Crippen molar-refractivity contribution in [2.45, 2.75) is 39.2 Å². The molecule has 1 unspecified atom stereocenters. The van der Waals surface area contributed by atoms with E-state index in [0.717, 1.165) is 26.0 Å². The standard InChI is InChI=1S/C12H26N2O3S/c1-11(2)13-6-3-4-8-18(15,16)14-9-12-5-7-17-10-12/h11-14H,3-10H2,1-2H3. The van der Waals surface area contributed by atoms with Crippen molar-refractivity contribution in [3.8, 4) is 0 Å². The summed E-state index contributed by atoms with van der Waals surface area (Å²) < 4.78 is 31.3. The zero-order valence-corrected chi connectivity index (χ0v) is 12.3. The Balaban J connectivity index is 2.07. The lowest BCUT2D eigenvalue weighted by Gasteiger charge is -2.11. The van der Waals surface area contributed by atoms with Gasteiger partial charge in [0.1, 0.15) is 0 Å².